The van der Waals surface area contributed by atoms with Crippen molar-refractivity contribution in [2.45, 2.75) is 19.8 Å². The first-order valence-electron chi connectivity index (χ1n) is 5.21. The summed E-state index contributed by atoms with van der Waals surface area (Å²) in [6.07, 6.45) is 6.15. The fourth-order valence-electron chi connectivity index (χ4n) is 1.72. The van der Waals surface area contributed by atoms with Crippen molar-refractivity contribution in [3.63, 3.8) is 0 Å². The van der Waals surface area contributed by atoms with Gasteiger partial charge in [-0.05, 0) is 19.8 Å². The highest BCUT2D eigenvalue weighted by Crippen LogP contribution is 2.17. The molecule has 0 radical (unpaired) electrons. The van der Waals surface area contributed by atoms with Crippen molar-refractivity contribution in [2.24, 2.45) is 0 Å². The van der Waals surface area contributed by atoms with E-state index in [2.05, 4.69) is 27.1 Å². The largest absolute Gasteiger partial charge is 0.369 e. The Labute approximate surface area is 84.4 Å². The van der Waals surface area contributed by atoms with E-state index in [4.69, 9.17) is 0 Å². The van der Waals surface area contributed by atoms with Gasteiger partial charge in [0.05, 0.1) is 12.4 Å². The van der Waals surface area contributed by atoms with Crippen LogP contribution < -0.4 is 10.2 Å². The van der Waals surface area contributed by atoms with Gasteiger partial charge in [0.2, 0.25) is 0 Å². The number of rotatable bonds is 3. The Bertz CT molecular complexity index is 294. The third-order valence-electron chi connectivity index (χ3n) is 2.41. The van der Waals surface area contributed by atoms with E-state index in [9.17, 15) is 0 Å². The fraction of sp³-hybridized carbons (Fsp3) is 0.600. The van der Waals surface area contributed by atoms with Crippen molar-refractivity contribution in [3.8, 4) is 0 Å². The maximum atomic E-state index is 4.50. The van der Waals surface area contributed by atoms with Gasteiger partial charge in [0, 0.05) is 19.6 Å². The van der Waals surface area contributed by atoms with Gasteiger partial charge in [0.25, 0.3) is 0 Å². The maximum absolute atomic E-state index is 4.50. The first kappa shape index (κ1) is 9.24. The molecule has 1 aliphatic rings. The van der Waals surface area contributed by atoms with Gasteiger partial charge in [-0.3, -0.25) is 4.98 Å². The van der Waals surface area contributed by atoms with Gasteiger partial charge < -0.3 is 10.2 Å². The van der Waals surface area contributed by atoms with E-state index in [1.165, 1.54) is 12.8 Å². The molecule has 1 fully saturated rings. The molecule has 4 nitrogen and oxygen atoms in total. The van der Waals surface area contributed by atoms with Crippen molar-refractivity contribution in [2.75, 3.05) is 29.9 Å². The number of nitrogens with zero attached hydrogens (tertiary/aromatic N) is 3. The zero-order valence-corrected chi connectivity index (χ0v) is 8.53. The Morgan fingerprint density at radius 2 is 2.14 bits per heavy atom. The molecular weight excluding hydrogens is 176 g/mol. The van der Waals surface area contributed by atoms with Crippen LogP contribution in [0, 0.1) is 0 Å². The van der Waals surface area contributed by atoms with E-state index in [0.29, 0.717) is 0 Å². The predicted molar refractivity (Wildman–Crippen MR) is 57.6 cm³/mol. The third kappa shape index (κ3) is 1.95. The first-order valence-corrected chi connectivity index (χ1v) is 5.21. The molecule has 76 valence electrons. The Kier molecular flexibility index (Phi) is 2.81. The molecule has 0 unspecified atom stereocenters. The van der Waals surface area contributed by atoms with Gasteiger partial charge in [-0.25, -0.2) is 4.98 Å². The number of nitrogens with one attached hydrogen (secondary N) is 1. The Balaban J connectivity index is 2.12. The lowest BCUT2D eigenvalue weighted by molar-refractivity contribution is 0.925. The number of hydrogen-bond acceptors (Lipinski definition) is 4. The number of hydrogen-bond donors (Lipinski definition) is 1. The smallest absolute Gasteiger partial charge is 0.149 e. The second-order valence-electron chi connectivity index (χ2n) is 3.49. The van der Waals surface area contributed by atoms with Crippen LogP contribution in [0.5, 0.6) is 0 Å². The van der Waals surface area contributed by atoms with Gasteiger partial charge in [-0.15, -0.1) is 0 Å². The molecule has 0 saturated carbocycles. The molecule has 0 aromatic carbocycles. The SMILES string of the molecule is CCNc1cncc(N2CCCC2)n1. The normalized spacial score (nSPS) is 15.9. The van der Waals surface area contributed by atoms with E-state index in [1.807, 2.05) is 6.20 Å². The van der Waals surface area contributed by atoms with Gasteiger partial charge in [-0.1, -0.05) is 0 Å². The highest BCUT2D eigenvalue weighted by atomic mass is 15.2. The van der Waals surface area contributed by atoms with Crippen LogP contribution in [0.25, 0.3) is 0 Å². The van der Waals surface area contributed by atoms with Crippen LogP contribution in [0.2, 0.25) is 0 Å². The molecule has 0 aliphatic carbocycles. The summed E-state index contributed by atoms with van der Waals surface area (Å²) in [4.78, 5) is 11.0. The number of aromatic nitrogens is 2. The zero-order valence-electron chi connectivity index (χ0n) is 8.53. The minimum atomic E-state index is 0.872. The minimum absolute atomic E-state index is 0.872. The molecule has 1 aromatic rings. The van der Waals surface area contributed by atoms with E-state index in [0.717, 1.165) is 31.3 Å². The molecule has 2 heterocycles. The molecule has 1 saturated heterocycles. The summed E-state index contributed by atoms with van der Waals surface area (Å²) in [7, 11) is 0. The fourth-order valence-corrected chi connectivity index (χ4v) is 1.72. The molecule has 0 bridgehead atoms. The quantitative estimate of drug-likeness (QED) is 0.788. The highest BCUT2D eigenvalue weighted by molar-refractivity contribution is 5.44. The molecule has 0 amide bonds. The van der Waals surface area contributed by atoms with Crippen molar-refractivity contribution in [3.05, 3.63) is 12.4 Å². The summed E-state index contributed by atoms with van der Waals surface area (Å²) in [5, 5.41) is 3.17. The van der Waals surface area contributed by atoms with Gasteiger partial charge >= 0.3 is 0 Å². The molecule has 1 aromatic heterocycles. The molecule has 0 spiro atoms. The predicted octanol–water partition coefficient (Wildman–Crippen LogP) is 1.51. The molecule has 0 atom stereocenters. The second-order valence-corrected chi connectivity index (χ2v) is 3.49. The van der Waals surface area contributed by atoms with Gasteiger partial charge in [0.1, 0.15) is 11.6 Å². The topological polar surface area (TPSA) is 41.1 Å². The first-order chi connectivity index (χ1) is 6.90. The minimum Gasteiger partial charge on any atom is -0.369 e. The Morgan fingerprint density at radius 3 is 2.86 bits per heavy atom. The van der Waals surface area contributed by atoms with Crippen LogP contribution >= 0.6 is 0 Å². The standard InChI is InChI=1S/C10H16N4/c1-2-12-9-7-11-8-10(13-9)14-5-3-4-6-14/h7-8H,2-6H2,1H3,(H,12,13). The molecule has 4 heteroatoms. The van der Waals surface area contributed by atoms with Crippen LogP contribution in [0.15, 0.2) is 12.4 Å². The van der Waals surface area contributed by atoms with Crippen LogP contribution in [0.4, 0.5) is 11.6 Å². The monoisotopic (exact) mass is 192 g/mol. The van der Waals surface area contributed by atoms with Crippen LogP contribution in [-0.2, 0) is 0 Å². The second kappa shape index (κ2) is 4.26. The lowest BCUT2D eigenvalue weighted by atomic mass is 10.4. The van der Waals surface area contributed by atoms with E-state index in [-0.39, 0.29) is 0 Å². The van der Waals surface area contributed by atoms with Crippen LogP contribution in [0.3, 0.4) is 0 Å². The third-order valence-corrected chi connectivity index (χ3v) is 2.41. The summed E-state index contributed by atoms with van der Waals surface area (Å²) in [5.74, 6) is 1.87. The van der Waals surface area contributed by atoms with Crippen molar-refractivity contribution in [1.82, 2.24) is 9.97 Å². The Hall–Kier alpha value is -1.32. The maximum Gasteiger partial charge on any atom is 0.149 e. The summed E-state index contributed by atoms with van der Waals surface area (Å²) in [5.41, 5.74) is 0. The highest BCUT2D eigenvalue weighted by Gasteiger charge is 2.13. The average Bonchev–Trinajstić information content (AvgIpc) is 2.71. The lowest BCUT2D eigenvalue weighted by Crippen LogP contribution is -2.19. The van der Waals surface area contributed by atoms with Gasteiger partial charge in [-0.2, -0.15) is 0 Å². The molecular formula is C10H16N4. The summed E-state index contributed by atoms with van der Waals surface area (Å²) in [6, 6.07) is 0. The van der Waals surface area contributed by atoms with E-state index in [1.54, 1.807) is 6.20 Å². The molecule has 1 N–H and O–H groups in total. The van der Waals surface area contributed by atoms with Crippen molar-refractivity contribution in [1.29, 1.82) is 0 Å². The average molecular weight is 192 g/mol. The summed E-state index contributed by atoms with van der Waals surface area (Å²) in [6.45, 7) is 5.18. The number of anilines is 2. The van der Waals surface area contributed by atoms with E-state index >= 15 is 0 Å². The molecule has 1 aliphatic heterocycles. The van der Waals surface area contributed by atoms with E-state index < -0.39 is 0 Å². The van der Waals surface area contributed by atoms with Crippen LogP contribution in [0.1, 0.15) is 19.8 Å². The van der Waals surface area contributed by atoms with Crippen LogP contribution in [-0.4, -0.2) is 29.6 Å². The molecule has 14 heavy (non-hydrogen) atoms. The Morgan fingerprint density at radius 1 is 1.36 bits per heavy atom. The van der Waals surface area contributed by atoms with Crippen molar-refractivity contribution < 1.29 is 0 Å². The zero-order chi connectivity index (χ0) is 9.80. The summed E-state index contributed by atoms with van der Waals surface area (Å²) < 4.78 is 0. The molecule has 2 rings (SSSR count). The van der Waals surface area contributed by atoms with Gasteiger partial charge in [0.15, 0.2) is 0 Å². The van der Waals surface area contributed by atoms with Crippen molar-refractivity contribution >= 4 is 11.6 Å². The lowest BCUT2D eigenvalue weighted by Gasteiger charge is -2.16. The summed E-state index contributed by atoms with van der Waals surface area (Å²) >= 11 is 0.